The van der Waals surface area contributed by atoms with Crippen LogP contribution in [-0.2, 0) is 17.6 Å². The quantitative estimate of drug-likeness (QED) is 0.452. The topological polar surface area (TPSA) is 127 Å². The molecular formula is C16H18N4O5S. The van der Waals surface area contributed by atoms with Crippen LogP contribution in [0.4, 0.5) is 10.8 Å². The molecule has 26 heavy (non-hydrogen) atoms. The number of ether oxygens (including phenoxy) is 1. The first-order valence-corrected chi connectivity index (χ1v) is 9.15. The Labute approximate surface area is 152 Å². The van der Waals surface area contributed by atoms with E-state index in [1.165, 1.54) is 11.3 Å². The van der Waals surface area contributed by atoms with Crippen LogP contribution in [0.3, 0.4) is 0 Å². The van der Waals surface area contributed by atoms with Crippen molar-refractivity contribution in [3.63, 3.8) is 0 Å². The van der Waals surface area contributed by atoms with Crippen LogP contribution in [0, 0.1) is 10.1 Å². The molecule has 3 rings (SSSR count). The number of anilines is 1. The van der Waals surface area contributed by atoms with Gasteiger partial charge >= 0.3 is 11.8 Å². The second-order valence-corrected chi connectivity index (χ2v) is 7.01. The Morgan fingerprint density at radius 3 is 2.88 bits per heavy atom. The highest BCUT2D eigenvalue weighted by molar-refractivity contribution is 7.17. The summed E-state index contributed by atoms with van der Waals surface area (Å²) in [4.78, 5) is 36.0. The molecule has 2 N–H and O–H groups in total. The first kappa shape index (κ1) is 18.1. The van der Waals surface area contributed by atoms with Crippen LogP contribution in [0.25, 0.3) is 0 Å². The van der Waals surface area contributed by atoms with Gasteiger partial charge in [0.2, 0.25) is 0 Å². The zero-order valence-electron chi connectivity index (χ0n) is 14.2. The number of rotatable bonds is 6. The largest absolute Gasteiger partial charge is 0.462 e. The van der Waals surface area contributed by atoms with Gasteiger partial charge in [0, 0.05) is 4.88 Å². The monoisotopic (exact) mass is 378 g/mol. The summed E-state index contributed by atoms with van der Waals surface area (Å²) in [6, 6.07) is 1.05. The number of thiophene rings is 1. The minimum atomic E-state index is -0.666. The number of nitrogens with one attached hydrogen (secondary N) is 2. The number of carbonyl (C=O) groups excluding carboxylic acids is 2. The van der Waals surface area contributed by atoms with Crippen LogP contribution in [0.15, 0.2) is 6.07 Å². The number of aromatic nitrogens is 2. The lowest BCUT2D eigenvalue weighted by Gasteiger charge is -2.12. The van der Waals surface area contributed by atoms with E-state index in [1.54, 1.807) is 0 Å². The molecule has 0 unspecified atom stereocenters. The third-order valence-corrected chi connectivity index (χ3v) is 5.24. The lowest BCUT2D eigenvalue weighted by molar-refractivity contribution is -0.389. The lowest BCUT2D eigenvalue weighted by atomic mass is 9.95. The molecule has 9 nitrogen and oxygen atoms in total. The number of aromatic amines is 1. The number of fused-ring (bicyclic) bond motifs is 1. The molecule has 0 saturated carbocycles. The molecule has 2 heterocycles. The number of nitro groups is 1. The molecule has 10 heteroatoms. The number of amides is 1. The van der Waals surface area contributed by atoms with Gasteiger partial charge in [0.25, 0.3) is 5.91 Å². The van der Waals surface area contributed by atoms with E-state index in [2.05, 4.69) is 15.5 Å². The average molecular weight is 378 g/mol. The Balaban J connectivity index is 1.88. The van der Waals surface area contributed by atoms with Crippen molar-refractivity contribution < 1.29 is 19.2 Å². The summed E-state index contributed by atoms with van der Waals surface area (Å²) in [5, 5.41) is 19.6. The van der Waals surface area contributed by atoms with E-state index in [0.717, 1.165) is 42.2 Å². The van der Waals surface area contributed by atoms with Gasteiger partial charge in [-0.15, -0.1) is 16.4 Å². The van der Waals surface area contributed by atoms with Crippen molar-refractivity contribution in [2.45, 2.75) is 39.0 Å². The SMILES string of the molecule is CCCOC(=O)c1c(NC(=O)c2cc([N+](=O)[O-])[nH]n2)sc2c1CCCC2. The smallest absolute Gasteiger partial charge is 0.343 e. The minimum Gasteiger partial charge on any atom is -0.462 e. The van der Waals surface area contributed by atoms with Crippen LogP contribution in [0.2, 0.25) is 0 Å². The van der Waals surface area contributed by atoms with Gasteiger partial charge in [-0.2, -0.15) is 0 Å². The molecule has 0 aromatic carbocycles. The second kappa shape index (κ2) is 7.65. The molecule has 0 aliphatic heterocycles. The van der Waals surface area contributed by atoms with Crippen molar-refractivity contribution in [3.8, 4) is 0 Å². The Morgan fingerprint density at radius 2 is 2.19 bits per heavy atom. The fourth-order valence-electron chi connectivity index (χ4n) is 2.83. The third-order valence-electron chi connectivity index (χ3n) is 4.03. The van der Waals surface area contributed by atoms with Gasteiger partial charge < -0.3 is 20.2 Å². The number of hydrogen-bond donors (Lipinski definition) is 2. The summed E-state index contributed by atoms with van der Waals surface area (Å²) in [5.41, 5.74) is 1.22. The summed E-state index contributed by atoms with van der Waals surface area (Å²) >= 11 is 1.36. The van der Waals surface area contributed by atoms with Gasteiger partial charge in [0.1, 0.15) is 5.00 Å². The molecule has 0 radical (unpaired) electrons. The van der Waals surface area contributed by atoms with Crippen LogP contribution >= 0.6 is 11.3 Å². The van der Waals surface area contributed by atoms with Crippen molar-refractivity contribution >= 4 is 34.0 Å². The highest BCUT2D eigenvalue weighted by Gasteiger charge is 2.28. The fraction of sp³-hybridized carbons (Fsp3) is 0.438. The van der Waals surface area contributed by atoms with E-state index in [-0.39, 0.29) is 11.5 Å². The molecule has 138 valence electrons. The van der Waals surface area contributed by atoms with Gasteiger partial charge in [-0.1, -0.05) is 12.0 Å². The fourth-order valence-corrected chi connectivity index (χ4v) is 4.10. The van der Waals surface area contributed by atoms with E-state index in [9.17, 15) is 19.7 Å². The van der Waals surface area contributed by atoms with Gasteiger partial charge in [-0.25, -0.2) is 4.79 Å². The van der Waals surface area contributed by atoms with Crippen molar-refractivity contribution in [2.24, 2.45) is 0 Å². The molecule has 0 bridgehead atoms. The Hall–Kier alpha value is -2.75. The molecule has 0 fully saturated rings. The summed E-state index contributed by atoms with van der Waals surface area (Å²) in [7, 11) is 0. The number of hydrogen-bond acceptors (Lipinski definition) is 7. The lowest BCUT2D eigenvalue weighted by Crippen LogP contribution is -2.16. The van der Waals surface area contributed by atoms with Crippen LogP contribution in [0.5, 0.6) is 0 Å². The zero-order valence-corrected chi connectivity index (χ0v) is 15.0. The summed E-state index contributed by atoms with van der Waals surface area (Å²) in [6.07, 6.45) is 4.35. The average Bonchev–Trinajstić information content (AvgIpc) is 3.24. The number of carbonyl (C=O) groups is 2. The van der Waals surface area contributed by atoms with E-state index in [0.29, 0.717) is 23.6 Å². The van der Waals surface area contributed by atoms with E-state index < -0.39 is 16.8 Å². The first-order valence-electron chi connectivity index (χ1n) is 8.34. The Morgan fingerprint density at radius 1 is 1.42 bits per heavy atom. The molecule has 2 aromatic rings. The Bertz CT molecular complexity index is 857. The number of aryl methyl sites for hydroxylation is 1. The molecule has 1 aliphatic carbocycles. The highest BCUT2D eigenvalue weighted by Crippen LogP contribution is 2.38. The maximum Gasteiger partial charge on any atom is 0.343 e. The van der Waals surface area contributed by atoms with Gasteiger partial charge in [-0.3, -0.25) is 4.79 Å². The van der Waals surface area contributed by atoms with Crippen molar-refractivity contribution in [3.05, 3.63) is 37.9 Å². The zero-order chi connectivity index (χ0) is 18.7. The first-order chi connectivity index (χ1) is 12.5. The van der Waals surface area contributed by atoms with E-state index in [4.69, 9.17) is 4.74 Å². The molecular weight excluding hydrogens is 360 g/mol. The second-order valence-electron chi connectivity index (χ2n) is 5.90. The molecule has 0 spiro atoms. The van der Waals surface area contributed by atoms with Gasteiger partial charge in [0.05, 0.1) is 18.2 Å². The predicted molar refractivity (Wildman–Crippen MR) is 94.7 cm³/mol. The van der Waals surface area contributed by atoms with Crippen molar-refractivity contribution in [2.75, 3.05) is 11.9 Å². The van der Waals surface area contributed by atoms with Crippen LogP contribution in [0.1, 0.15) is 57.5 Å². The maximum atomic E-state index is 12.5. The number of nitrogens with zero attached hydrogens (tertiary/aromatic N) is 2. The molecule has 1 aliphatic rings. The minimum absolute atomic E-state index is 0.115. The van der Waals surface area contributed by atoms with Crippen molar-refractivity contribution in [1.82, 2.24) is 10.2 Å². The van der Waals surface area contributed by atoms with Crippen LogP contribution in [-0.4, -0.2) is 33.6 Å². The predicted octanol–water partition coefficient (Wildman–Crippen LogP) is 3.08. The Kier molecular flexibility index (Phi) is 5.31. The molecule has 2 aromatic heterocycles. The number of H-pyrrole nitrogens is 1. The summed E-state index contributed by atoms with van der Waals surface area (Å²) < 4.78 is 5.27. The number of esters is 1. The van der Waals surface area contributed by atoms with E-state index in [1.807, 2.05) is 6.92 Å². The summed E-state index contributed by atoms with van der Waals surface area (Å²) in [5.74, 6) is -1.43. The van der Waals surface area contributed by atoms with Crippen LogP contribution < -0.4 is 5.32 Å². The van der Waals surface area contributed by atoms with Gasteiger partial charge in [-0.05, 0) is 42.6 Å². The normalized spacial score (nSPS) is 13.1. The standard InChI is InChI=1S/C16H18N4O5S/c1-2-7-25-16(22)13-9-5-3-4-6-11(9)26-15(13)17-14(21)10-8-12(19-18-10)20(23)24/h8H,2-7H2,1H3,(H,17,21)(H,18,19). The molecule has 1 amide bonds. The summed E-state index contributed by atoms with van der Waals surface area (Å²) in [6.45, 7) is 2.21. The molecule has 0 saturated heterocycles. The molecule has 0 atom stereocenters. The maximum absolute atomic E-state index is 12.5. The van der Waals surface area contributed by atoms with E-state index >= 15 is 0 Å². The third kappa shape index (κ3) is 3.59. The highest BCUT2D eigenvalue weighted by atomic mass is 32.1. The van der Waals surface area contributed by atoms with Crippen molar-refractivity contribution in [1.29, 1.82) is 0 Å². The van der Waals surface area contributed by atoms with Gasteiger partial charge in [0.15, 0.2) is 5.69 Å².